The lowest BCUT2D eigenvalue weighted by Gasteiger charge is -2.37. The number of hydrogen-bond donors (Lipinski definition) is 1. The summed E-state index contributed by atoms with van der Waals surface area (Å²) in [5, 5.41) is 9.23. The number of amides is 1. The Morgan fingerprint density at radius 1 is 1.20 bits per heavy atom. The van der Waals surface area contributed by atoms with Crippen molar-refractivity contribution in [1.82, 2.24) is 9.80 Å². The molecule has 6 nitrogen and oxygen atoms in total. The van der Waals surface area contributed by atoms with Crippen molar-refractivity contribution in [3.8, 4) is 0 Å². The Kier molecular flexibility index (Phi) is 5.71. The van der Waals surface area contributed by atoms with Gasteiger partial charge in [-0.05, 0) is 43.0 Å². The van der Waals surface area contributed by atoms with Crippen LogP contribution < -0.4 is 0 Å². The van der Waals surface area contributed by atoms with Crippen LogP contribution >= 0.6 is 0 Å². The summed E-state index contributed by atoms with van der Waals surface area (Å²) in [7, 11) is 1.37. The normalized spacial score (nSPS) is 21.7. The van der Waals surface area contributed by atoms with E-state index in [4.69, 9.17) is 4.74 Å². The number of methoxy groups -OCH3 is 1. The molecule has 2 aliphatic heterocycles. The van der Waals surface area contributed by atoms with E-state index in [1.165, 1.54) is 7.11 Å². The molecule has 0 unspecified atom stereocenters. The van der Waals surface area contributed by atoms with E-state index in [2.05, 4.69) is 4.90 Å². The number of carbonyl (C=O) groups is 2. The molecule has 1 saturated heterocycles. The summed E-state index contributed by atoms with van der Waals surface area (Å²) in [5.74, 6) is -0.0507. The topological polar surface area (TPSA) is 70.1 Å². The van der Waals surface area contributed by atoms with Gasteiger partial charge in [0.15, 0.2) is 0 Å². The van der Waals surface area contributed by atoms with Gasteiger partial charge < -0.3 is 14.7 Å². The lowest BCUT2D eigenvalue weighted by Crippen LogP contribution is -2.52. The summed E-state index contributed by atoms with van der Waals surface area (Å²) in [4.78, 5) is 28.9. The number of carbonyl (C=O) groups excluding carboxylic acids is 2. The smallest absolute Gasteiger partial charge is 0.328 e. The van der Waals surface area contributed by atoms with Gasteiger partial charge in [0.25, 0.3) is 0 Å². The van der Waals surface area contributed by atoms with E-state index in [9.17, 15) is 14.7 Å². The molecule has 1 aromatic rings. The molecule has 0 aromatic heterocycles. The average molecular weight is 346 g/mol. The lowest BCUT2D eigenvalue weighted by atomic mass is 9.93. The fraction of sp³-hybridized carbons (Fsp3) is 0.579. The number of piperidine rings is 1. The third-order valence-corrected chi connectivity index (χ3v) is 5.37. The Hall–Kier alpha value is -1.92. The molecule has 2 aliphatic rings. The largest absolute Gasteiger partial charge is 0.467 e. The Morgan fingerprint density at radius 3 is 2.52 bits per heavy atom. The van der Waals surface area contributed by atoms with Gasteiger partial charge >= 0.3 is 5.97 Å². The molecule has 0 radical (unpaired) electrons. The molecular formula is C19H26N2O4. The molecule has 1 aromatic carbocycles. The van der Waals surface area contributed by atoms with Crippen LogP contribution in [-0.4, -0.2) is 66.2 Å². The number of nitrogens with zero attached hydrogens (tertiary/aromatic N) is 2. The van der Waals surface area contributed by atoms with Gasteiger partial charge in [-0.1, -0.05) is 24.3 Å². The van der Waals surface area contributed by atoms with Gasteiger partial charge in [0.05, 0.1) is 13.7 Å². The van der Waals surface area contributed by atoms with Gasteiger partial charge in [-0.2, -0.15) is 0 Å². The van der Waals surface area contributed by atoms with Gasteiger partial charge in [-0.25, -0.2) is 4.79 Å². The van der Waals surface area contributed by atoms with Crippen molar-refractivity contribution >= 4 is 11.9 Å². The van der Waals surface area contributed by atoms with Crippen LogP contribution in [0.2, 0.25) is 0 Å². The molecule has 3 rings (SSSR count). The van der Waals surface area contributed by atoms with Gasteiger partial charge in [0.2, 0.25) is 5.91 Å². The van der Waals surface area contributed by atoms with Gasteiger partial charge in [0.1, 0.15) is 6.04 Å². The van der Waals surface area contributed by atoms with Crippen LogP contribution in [0.1, 0.15) is 24.0 Å². The van der Waals surface area contributed by atoms with Crippen LogP contribution in [0.4, 0.5) is 0 Å². The second kappa shape index (κ2) is 7.97. The molecule has 0 saturated carbocycles. The van der Waals surface area contributed by atoms with E-state index in [1.54, 1.807) is 4.90 Å². The van der Waals surface area contributed by atoms with Gasteiger partial charge in [0, 0.05) is 19.6 Å². The maximum absolute atomic E-state index is 12.9. The van der Waals surface area contributed by atoms with Crippen molar-refractivity contribution in [2.24, 2.45) is 5.92 Å². The number of esters is 1. The first-order valence-electron chi connectivity index (χ1n) is 8.89. The fourth-order valence-electron chi connectivity index (χ4n) is 3.74. The second-order valence-corrected chi connectivity index (χ2v) is 6.94. The number of aliphatic hydroxyl groups excluding tert-OH is 1. The van der Waals surface area contributed by atoms with Gasteiger partial charge in [-0.3, -0.25) is 9.69 Å². The molecule has 136 valence electrons. The first-order valence-corrected chi connectivity index (χ1v) is 8.89. The molecule has 0 bridgehead atoms. The van der Waals surface area contributed by atoms with E-state index in [0.717, 1.165) is 37.1 Å². The zero-order valence-electron chi connectivity index (χ0n) is 14.7. The number of rotatable bonds is 4. The van der Waals surface area contributed by atoms with Crippen molar-refractivity contribution in [2.75, 3.05) is 33.4 Å². The Morgan fingerprint density at radius 2 is 1.88 bits per heavy atom. The van der Waals surface area contributed by atoms with E-state index in [1.807, 2.05) is 24.3 Å². The van der Waals surface area contributed by atoms with E-state index < -0.39 is 6.04 Å². The Balaban J connectivity index is 1.70. The van der Waals surface area contributed by atoms with Crippen molar-refractivity contribution in [3.05, 3.63) is 35.4 Å². The summed E-state index contributed by atoms with van der Waals surface area (Å²) in [5.41, 5.74) is 2.20. The zero-order valence-corrected chi connectivity index (χ0v) is 14.7. The minimum atomic E-state index is -0.553. The molecule has 1 fully saturated rings. The number of ether oxygens (including phenoxy) is 1. The van der Waals surface area contributed by atoms with Crippen molar-refractivity contribution in [2.45, 2.75) is 31.8 Å². The lowest BCUT2D eigenvalue weighted by molar-refractivity contribution is -0.154. The highest BCUT2D eigenvalue weighted by atomic mass is 16.5. The van der Waals surface area contributed by atoms with Crippen LogP contribution in [0.3, 0.4) is 0 Å². The first-order chi connectivity index (χ1) is 12.1. The molecule has 6 heteroatoms. The summed E-state index contributed by atoms with van der Waals surface area (Å²) >= 11 is 0. The van der Waals surface area contributed by atoms with Crippen LogP contribution in [0, 0.1) is 5.92 Å². The van der Waals surface area contributed by atoms with Crippen molar-refractivity contribution < 1.29 is 19.4 Å². The van der Waals surface area contributed by atoms with Crippen molar-refractivity contribution in [3.63, 3.8) is 0 Å². The predicted molar refractivity (Wildman–Crippen MR) is 92.7 cm³/mol. The highest BCUT2D eigenvalue weighted by molar-refractivity contribution is 5.86. The van der Waals surface area contributed by atoms with Crippen LogP contribution in [0.25, 0.3) is 0 Å². The van der Waals surface area contributed by atoms with E-state index >= 15 is 0 Å². The molecule has 1 N–H and O–H groups in total. The fourth-order valence-corrected chi connectivity index (χ4v) is 3.74. The monoisotopic (exact) mass is 346 g/mol. The molecule has 2 heterocycles. The SMILES string of the molecule is COC(=O)[C@@H]1Cc2ccccc2CN1C(=O)CN1CCC(CO)CC1. The van der Waals surface area contributed by atoms with Crippen LogP contribution in [0.15, 0.2) is 24.3 Å². The van der Waals surface area contributed by atoms with Crippen LogP contribution in [0.5, 0.6) is 0 Å². The minimum Gasteiger partial charge on any atom is -0.467 e. The highest BCUT2D eigenvalue weighted by Crippen LogP contribution is 2.25. The number of fused-ring (bicyclic) bond motifs is 1. The van der Waals surface area contributed by atoms with E-state index in [0.29, 0.717) is 25.4 Å². The summed E-state index contributed by atoms with van der Waals surface area (Å²) in [6.45, 7) is 2.60. The molecule has 1 atom stereocenters. The molecule has 1 amide bonds. The maximum atomic E-state index is 12.9. The number of likely N-dealkylation sites (tertiary alicyclic amines) is 1. The van der Waals surface area contributed by atoms with Gasteiger partial charge in [-0.15, -0.1) is 0 Å². The van der Waals surface area contributed by atoms with E-state index in [-0.39, 0.29) is 18.5 Å². The third kappa shape index (κ3) is 4.02. The number of benzene rings is 1. The summed E-state index contributed by atoms with van der Waals surface area (Å²) in [6.07, 6.45) is 2.32. The summed E-state index contributed by atoms with van der Waals surface area (Å²) < 4.78 is 4.93. The maximum Gasteiger partial charge on any atom is 0.328 e. The molecule has 0 spiro atoms. The standard InChI is InChI=1S/C19H26N2O4/c1-25-19(24)17-10-15-4-2-3-5-16(15)11-21(17)18(23)12-20-8-6-14(13-22)7-9-20/h2-5,14,17,22H,6-13H2,1H3/t17-/m0/s1. The Bertz CT molecular complexity index is 626. The molecule has 25 heavy (non-hydrogen) atoms. The minimum absolute atomic E-state index is 0.0349. The predicted octanol–water partition coefficient (Wildman–Crippen LogP) is 0.817. The number of hydrogen-bond acceptors (Lipinski definition) is 5. The molecule has 0 aliphatic carbocycles. The van der Waals surface area contributed by atoms with Crippen molar-refractivity contribution in [1.29, 1.82) is 0 Å². The highest BCUT2D eigenvalue weighted by Gasteiger charge is 2.36. The third-order valence-electron chi connectivity index (χ3n) is 5.37. The molecular weight excluding hydrogens is 320 g/mol. The Labute approximate surface area is 148 Å². The summed E-state index contributed by atoms with van der Waals surface area (Å²) in [6, 6.07) is 7.38. The second-order valence-electron chi connectivity index (χ2n) is 6.94. The zero-order chi connectivity index (χ0) is 17.8. The van der Waals surface area contributed by atoms with Crippen LogP contribution in [-0.2, 0) is 27.3 Å². The average Bonchev–Trinajstić information content (AvgIpc) is 2.66. The first kappa shape index (κ1) is 17.9. The number of aliphatic hydroxyl groups is 1. The quantitative estimate of drug-likeness (QED) is 0.818.